The van der Waals surface area contributed by atoms with E-state index in [-0.39, 0.29) is 0 Å². The summed E-state index contributed by atoms with van der Waals surface area (Å²) in [7, 11) is 1.62. The first-order chi connectivity index (χ1) is 9.63. The third-order valence-corrected chi connectivity index (χ3v) is 4.17. The number of fused-ring (bicyclic) bond motifs is 1. The molecule has 0 bridgehead atoms. The lowest BCUT2D eigenvalue weighted by atomic mass is 10.2. The quantitative estimate of drug-likeness (QED) is 0.672. The molecule has 1 heterocycles. The fraction of sp³-hybridized carbons (Fsp3) is 0.0714. The molecule has 2 aromatic carbocycles. The molecule has 0 aliphatic rings. The average Bonchev–Trinajstić information content (AvgIpc) is 2.78. The number of halogens is 2. The number of hydrogen-bond acceptors (Lipinski definition) is 2. The molecule has 0 radical (unpaired) electrons. The first kappa shape index (κ1) is 13.5. The van der Waals surface area contributed by atoms with E-state index in [0.29, 0.717) is 14.8 Å². The summed E-state index contributed by atoms with van der Waals surface area (Å²) in [6.45, 7) is 0. The summed E-state index contributed by atoms with van der Waals surface area (Å²) in [6.07, 6.45) is 0. The van der Waals surface area contributed by atoms with E-state index in [2.05, 4.69) is 4.98 Å². The number of para-hydroxylation sites is 1. The van der Waals surface area contributed by atoms with Crippen LogP contribution in [0.5, 0.6) is 5.75 Å². The standard InChI is InChI=1S/C14H10Cl2N2OS/c1-19-11-7-3-6-10-13(11)17-14(20)18(10)9-5-2-4-8(15)12(9)16/h2-7H,1H3,(H,17,20). The van der Waals surface area contributed by atoms with Gasteiger partial charge in [0.1, 0.15) is 11.3 Å². The molecular formula is C14H10Cl2N2OS. The van der Waals surface area contributed by atoms with Crippen molar-refractivity contribution < 1.29 is 4.74 Å². The van der Waals surface area contributed by atoms with E-state index in [9.17, 15) is 0 Å². The van der Waals surface area contributed by atoms with Crippen LogP contribution in [-0.4, -0.2) is 16.7 Å². The van der Waals surface area contributed by atoms with Gasteiger partial charge < -0.3 is 9.72 Å². The minimum Gasteiger partial charge on any atom is -0.494 e. The average molecular weight is 325 g/mol. The lowest BCUT2D eigenvalue weighted by Crippen LogP contribution is -1.95. The number of nitrogens with one attached hydrogen (secondary N) is 1. The van der Waals surface area contributed by atoms with E-state index in [0.717, 1.165) is 22.5 Å². The van der Waals surface area contributed by atoms with Crippen LogP contribution in [0, 0.1) is 4.77 Å². The smallest absolute Gasteiger partial charge is 0.182 e. The third kappa shape index (κ3) is 2.00. The Morgan fingerprint density at radius 3 is 2.65 bits per heavy atom. The van der Waals surface area contributed by atoms with E-state index >= 15 is 0 Å². The van der Waals surface area contributed by atoms with Crippen molar-refractivity contribution in [2.45, 2.75) is 0 Å². The molecule has 3 rings (SSSR count). The van der Waals surface area contributed by atoms with Gasteiger partial charge in [0.05, 0.1) is 28.4 Å². The lowest BCUT2D eigenvalue weighted by molar-refractivity contribution is 0.419. The predicted molar refractivity (Wildman–Crippen MR) is 85.0 cm³/mol. The molecule has 1 N–H and O–H groups in total. The number of nitrogens with zero attached hydrogens (tertiary/aromatic N) is 1. The van der Waals surface area contributed by atoms with Crippen LogP contribution in [0.3, 0.4) is 0 Å². The van der Waals surface area contributed by atoms with Gasteiger partial charge in [-0.15, -0.1) is 0 Å². The van der Waals surface area contributed by atoms with Crippen molar-refractivity contribution in [3.05, 3.63) is 51.2 Å². The van der Waals surface area contributed by atoms with Gasteiger partial charge in [0.15, 0.2) is 4.77 Å². The Balaban J connectivity index is 2.40. The minimum absolute atomic E-state index is 0.467. The van der Waals surface area contributed by atoms with E-state index < -0.39 is 0 Å². The van der Waals surface area contributed by atoms with Gasteiger partial charge in [-0.3, -0.25) is 4.57 Å². The summed E-state index contributed by atoms with van der Waals surface area (Å²) in [6, 6.07) is 11.2. The molecule has 0 aliphatic heterocycles. The van der Waals surface area contributed by atoms with Crippen molar-refractivity contribution in [3.63, 3.8) is 0 Å². The highest BCUT2D eigenvalue weighted by molar-refractivity contribution is 7.71. The first-order valence-electron chi connectivity index (χ1n) is 5.85. The Kier molecular flexibility index (Phi) is 3.46. The number of benzene rings is 2. The molecule has 102 valence electrons. The molecule has 0 fully saturated rings. The summed E-state index contributed by atoms with van der Waals surface area (Å²) in [4.78, 5) is 3.14. The molecule has 0 amide bonds. The largest absolute Gasteiger partial charge is 0.494 e. The Labute approximate surface area is 130 Å². The number of rotatable bonds is 2. The summed E-state index contributed by atoms with van der Waals surface area (Å²) in [5.41, 5.74) is 2.46. The topological polar surface area (TPSA) is 29.9 Å². The number of ether oxygens (including phenoxy) is 1. The zero-order valence-corrected chi connectivity index (χ0v) is 12.8. The maximum atomic E-state index is 6.29. The van der Waals surface area contributed by atoms with Crippen LogP contribution in [0.15, 0.2) is 36.4 Å². The number of aromatic nitrogens is 2. The zero-order chi connectivity index (χ0) is 14.3. The summed E-state index contributed by atoms with van der Waals surface area (Å²) in [5.74, 6) is 0.727. The molecule has 1 aromatic heterocycles. The highest BCUT2D eigenvalue weighted by atomic mass is 35.5. The van der Waals surface area contributed by atoms with Gasteiger partial charge in [0.2, 0.25) is 0 Å². The van der Waals surface area contributed by atoms with E-state index in [4.69, 9.17) is 40.2 Å². The number of H-pyrrole nitrogens is 1. The second-order valence-electron chi connectivity index (χ2n) is 4.19. The predicted octanol–water partition coefficient (Wildman–Crippen LogP) is 5.00. The Hall–Kier alpha value is -1.49. The molecule has 3 nitrogen and oxygen atoms in total. The Morgan fingerprint density at radius 2 is 1.90 bits per heavy atom. The second kappa shape index (κ2) is 5.13. The van der Waals surface area contributed by atoms with Gasteiger partial charge in [0, 0.05) is 0 Å². The van der Waals surface area contributed by atoms with Crippen molar-refractivity contribution in [1.29, 1.82) is 0 Å². The molecule has 0 saturated carbocycles. The molecule has 0 spiro atoms. The van der Waals surface area contributed by atoms with E-state index in [1.807, 2.05) is 34.9 Å². The van der Waals surface area contributed by atoms with Crippen LogP contribution in [-0.2, 0) is 0 Å². The second-order valence-corrected chi connectivity index (χ2v) is 5.36. The van der Waals surface area contributed by atoms with Crippen molar-refractivity contribution in [1.82, 2.24) is 9.55 Å². The summed E-state index contributed by atoms with van der Waals surface area (Å²) >= 11 is 17.8. The third-order valence-electron chi connectivity index (χ3n) is 3.07. The van der Waals surface area contributed by atoms with Crippen molar-refractivity contribution in [3.8, 4) is 11.4 Å². The van der Waals surface area contributed by atoms with E-state index in [1.54, 1.807) is 13.2 Å². The van der Waals surface area contributed by atoms with Gasteiger partial charge in [-0.2, -0.15) is 0 Å². The molecule has 0 atom stereocenters. The molecule has 6 heteroatoms. The number of aromatic amines is 1. The zero-order valence-electron chi connectivity index (χ0n) is 10.5. The van der Waals surface area contributed by atoms with Crippen LogP contribution < -0.4 is 4.74 Å². The molecule has 0 unspecified atom stereocenters. The normalized spacial score (nSPS) is 10.9. The Bertz CT molecular complexity index is 854. The highest BCUT2D eigenvalue weighted by Gasteiger charge is 2.13. The number of imidazole rings is 1. The fourth-order valence-corrected chi connectivity index (χ4v) is 2.86. The fourth-order valence-electron chi connectivity index (χ4n) is 2.18. The lowest BCUT2D eigenvalue weighted by Gasteiger charge is -2.08. The van der Waals surface area contributed by atoms with Crippen LogP contribution in [0.1, 0.15) is 0 Å². The summed E-state index contributed by atoms with van der Waals surface area (Å²) < 4.78 is 7.72. The Morgan fingerprint density at radius 1 is 1.15 bits per heavy atom. The number of hydrogen-bond donors (Lipinski definition) is 1. The maximum absolute atomic E-state index is 6.29. The van der Waals surface area contributed by atoms with Crippen molar-refractivity contribution in [2.75, 3.05) is 7.11 Å². The van der Waals surface area contributed by atoms with E-state index in [1.165, 1.54) is 0 Å². The SMILES string of the molecule is COc1cccc2c1[nH]c(=S)n2-c1cccc(Cl)c1Cl. The molecule has 3 aromatic rings. The van der Waals surface area contributed by atoms with Crippen LogP contribution in [0.4, 0.5) is 0 Å². The van der Waals surface area contributed by atoms with Crippen LogP contribution in [0.2, 0.25) is 10.0 Å². The molecule has 0 aliphatic carbocycles. The van der Waals surface area contributed by atoms with Crippen molar-refractivity contribution in [2.24, 2.45) is 0 Å². The van der Waals surface area contributed by atoms with Crippen LogP contribution in [0.25, 0.3) is 16.7 Å². The highest BCUT2D eigenvalue weighted by Crippen LogP contribution is 2.33. The number of methoxy groups -OCH3 is 1. The molecule has 20 heavy (non-hydrogen) atoms. The van der Waals surface area contributed by atoms with Crippen molar-refractivity contribution >= 4 is 46.5 Å². The van der Waals surface area contributed by atoms with Gasteiger partial charge in [-0.25, -0.2) is 0 Å². The molecular weight excluding hydrogens is 315 g/mol. The maximum Gasteiger partial charge on any atom is 0.182 e. The van der Waals surface area contributed by atoms with Gasteiger partial charge in [-0.05, 0) is 36.5 Å². The van der Waals surface area contributed by atoms with Crippen LogP contribution >= 0.6 is 35.4 Å². The monoisotopic (exact) mass is 324 g/mol. The van der Waals surface area contributed by atoms with Gasteiger partial charge >= 0.3 is 0 Å². The minimum atomic E-state index is 0.467. The van der Waals surface area contributed by atoms with Gasteiger partial charge in [-0.1, -0.05) is 35.3 Å². The molecule has 0 saturated heterocycles. The van der Waals surface area contributed by atoms with Gasteiger partial charge in [0.25, 0.3) is 0 Å². The first-order valence-corrected chi connectivity index (χ1v) is 7.02. The summed E-state index contributed by atoms with van der Waals surface area (Å²) in [5, 5.41) is 0.956.